The van der Waals surface area contributed by atoms with Gasteiger partial charge in [0, 0.05) is 17.2 Å². The molecule has 21 heavy (non-hydrogen) atoms. The van der Waals surface area contributed by atoms with Crippen molar-refractivity contribution in [1.82, 2.24) is 10.2 Å². The molecule has 0 aliphatic heterocycles. The number of aromatic nitrogens is 2. The number of rotatable bonds is 2. The standard InChI is InChI=1S/C14H11ClN4O2/c15-11-8-10(4-3-9(11)2-1-7-16)14(21)17-12-5-6-13(20)19-18-12/h3-6,8H,7,16H2,(H,19,20)(H,17,18,21). The number of carbonyl (C=O) groups excluding carboxylic acids is 1. The minimum absolute atomic E-state index is 0.233. The molecule has 1 aromatic heterocycles. The Kier molecular flexibility index (Phi) is 4.72. The summed E-state index contributed by atoms with van der Waals surface area (Å²) in [6.45, 7) is 0.233. The first-order chi connectivity index (χ1) is 10.1. The number of anilines is 1. The molecule has 2 aromatic rings. The minimum atomic E-state index is -0.394. The van der Waals surface area contributed by atoms with E-state index in [4.69, 9.17) is 17.3 Å². The van der Waals surface area contributed by atoms with Crippen molar-refractivity contribution in [2.75, 3.05) is 11.9 Å². The van der Waals surface area contributed by atoms with Gasteiger partial charge in [-0.15, -0.1) is 0 Å². The number of nitrogens with one attached hydrogen (secondary N) is 2. The van der Waals surface area contributed by atoms with Gasteiger partial charge in [0.2, 0.25) is 0 Å². The lowest BCUT2D eigenvalue weighted by molar-refractivity contribution is 0.102. The summed E-state index contributed by atoms with van der Waals surface area (Å²) in [4.78, 5) is 22.9. The first-order valence-corrected chi connectivity index (χ1v) is 6.33. The molecule has 6 nitrogen and oxygen atoms in total. The summed E-state index contributed by atoms with van der Waals surface area (Å²) in [7, 11) is 0. The normalized spacial score (nSPS) is 9.62. The maximum absolute atomic E-state index is 12.0. The second-order valence-electron chi connectivity index (χ2n) is 3.96. The molecule has 0 aliphatic carbocycles. The van der Waals surface area contributed by atoms with E-state index in [1.165, 1.54) is 18.2 Å². The Morgan fingerprint density at radius 3 is 2.81 bits per heavy atom. The van der Waals surface area contributed by atoms with E-state index in [9.17, 15) is 9.59 Å². The second kappa shape index (κ2) is 6.70. The van der Waals surface area contributed by atoms with Gasteiger partial charge in [-0.1, -0.05) is 23.4 Å². The SMILES string of the molecule is NCC#Cc1ccc(C(=O)Nc2ccc(=O)[nH]n2)cc1Cl. The Morgan fingerprint density at radius 2 is 2.19 bits per heavy atom. The number of hydrogen-bond donors (Lipinski definition) is 3. The van der Waals surface area contributed by atoms with Crippen LogP contribution in [0.25, 0.3) is 0 Å². The molecule has 0 bridgehead atoms. The smallest absolute Gasteiger partial charge is 0.264 e. The molecule has 1 aromatic carbocycles. The summed E-state index contributed by atoms with van der Waals surface area (Å²) in [6.07, 6.45) is 0. The third-order valence-electron chi connectivity index (χ3n) is 2.48. The monoisotopic (exact) mass is 302 g/mol. The van der Waals surface area contributed by atoms with Crippen LogP contribution in [-0.2, 0) is 0 Å². The van der Waals surface area contributed by atoms with Gasteiger partial charge in [0.1, 0.15) is 0 Å². The molecule has 2 rings (SSSR count). The first kappa shape index (κ1) is 14.8. The lowest BCUT2D eigenvalue weighted by Gasteiger charge is -2.05. The molecule has 0 unspecified atom stereocenters. The molecule has 1 heterocycles. The highest BCUT2D eigenvalue weighted by Gasteiger charge is 2.09. The largest absolute Gasteiger partial charge is 0.320 e. The average Bonchev–Trinajstić information content (AvgIpc) is 2.48. The van der Waals surface area contributed by atoms with Crippen molar-refractivity contribution in [3.8, 4) is 11.8 Å². The van der Waals surface area contributed by atoms with E-state index in [0.717, 1.165) is 0 Å². The summed E-state index contributed by atoms with van der Waals surface area (Å²) in [5.41, 5.74) is 5.89. The quantitative estimate of drug-likeness (QED) is 0.720. The fourth-order valence-electron chi connectivity index (χ4n) is 1.51. The topological polar surface area (TPSA) is 101 Å². The fraction of sp³-hybridized carbons (Fsp3) is 0.0714. The average molecular weight is 303 g/mol. The van der Waals surface area contributed by atoms with Gasteiger partial charge in [0.05, 0.1) is 11.6 Å². The van der Waals surface area contributed by atoms with E-state index in [2.05, 4.69) is 27.4 Å². The second-order valence-corrected chi connectivity index (χ2v) is 4.37. The van der Waals surface area contributed by atoms with Gasteiger partial charge in [-0.05, 0) is 24.3 Å². The van der Waals surface area contributed by atoms with Crippen molar-refractivity contribution < 1.29 is 4.79 Å². The maximum Gasteiger partial charge on any atom is 0.264 e. The molecule has 106 valence electrons. The van der Waals surface area contributed by atoms with Gasteiger partial charge in [-0.2, -0.15) is 5.10 Å². The zero-order valence-corrected chi connectivity index (χ0v) is 11.6. The van der Waals surface area contributed by atoms with Crippen LogP contribution in [0.15, 0.2) is 35.1 Å². The molecule has 0 saturated carbocycles. The van der Waals surface area contributed by atoms with Crippen LogP contribution in [-0.4, -0.2) is 22.6 Å². The highest BCUT2D eigenvalue weighted by atomic mass is 35.5. The summed E-state index contributed by atoms with van der Waals surface area (Å²) in [5.74, 6) is 5.34. The highest BCUT2D eigenvalue weighted by molar-refractivity contribution is 6.32. The summed E-state index contributed by atoms with van der Waals surface area (Å²) >= 11 is 6.05. The first-order valence-electron chi connectivity index (χ1n) is 5.95. The van der Waals surface area contributed by atoms with E-state index in [1.807, 2.05) is 0 Å². The van der Waals surface area contributed by atoms with Gasteiger partial charge < -0.3 is 11.1 Å². The van der Waals surface area contributed by atoms with Crippen molar-refractivity contribution in [1.29, 1.82) is 0 Å². The predicted octanol–water partition coefficient (Wildman–Crippen LogP) is 0.986. The molecule has 7 heteroatoms. The number of nitrogens with zero attached hydrogens (tertiary/aromatic N) is 1. The number of halogens is 1. The molecule has 0 atom stereocenters. The summed E-state index contributed by atoms with van der Waals surface area (Å²) in [5, 5.41) is 8.81. The minimum Gasteiger partial charge on any atom is -0.320 e. The molecule has 0 fully saturated rings. The maximum atomic E-state index is 12.0. The molecule has 4 N–H and O–H groups in total. The van der Waals surface area contributed by atoms with Crippen LogP contribution in [0.3, 0.4) is 0 Å². The fourth-order valence-corrected chi connectivity index (χ4v) is 1.73. The number of amides is 1. The number of hydrogen-bond acceptors (Lipinski definition) is 4. The number of H-pyrrole nitrogens is 1. The van der Waals surface area contributed by atoms with Crippen LogP contribution in [0.5, 0.6) is 0 Å². The molecule has 0 radical (unpaired) electrons. The van der Waals surface area contributed by atoms with Crippen LogP contribution in [0.2, 0.25) is 5.02 Å². The highest BCUT2D eigenvalue weighted by Crippen LogP contribution is 2.17. The Labute approximate surface area is 125 Å². The van der Waals surface area contributed by atoms with Crippen LogP contribution < -0.4 is 16.6 Å². The van der Waals surface area contributed by atoms with Gasteiger partial charge in [0.15, 0.2) is 5.82 Å². The van der Waals surface area contributed by atoms with E-state index >= 15 is 0 Å². The lowest BCUT2D eigenvalue weighted by Crippen LogP contribution is -2.15. The summed E-state index contributed by atoms with van der Waals surface area (Å²) < 4.78 is 0. The van der Waals surface area contributed by atoms with Crippen molar-refractivity contribution in [3.63, 3.8) is 0 Å². The predicted molar refractivity (Wildman–Crippen MR) is 80.2 cm³/mol. The van der Waals surface area contributed by atoms with Crippen molar-refractivity contribution in [3.05, 3.63) is 56.8 Å². The van der Waals surface area contributed by atoms with Gasteiger partial charge in [0.25, 0.3) is 11.5 Å². The molecule has 1 amide bonds. The van der Waals surface area contributed by atoms with Crippen LogP contribution in [0, 0.1) is 11.8 Å². The van der Waals surface area contributed by atoms with Gasteiger partial charge in [-0.3, -0.25) is 9.59 Å². The third kappa shape index (κ3) is 3.92. The van der Waals surface area contributed by atoms with E-state index in [1.54, 1.807) is 12.1 Å². The number of carbonyl (C=O) groups is 1. The van der Waals surface area contributed by atoms with Gasteiger partial charge >= 0.3 is 0 Å². The number of benzene rings is 1. The van der Waals surface area contributed by atoms with E-state index in [-0.39, 0.29) is 17.9 Å². The molecule has 0 aliphatic rings. The van der Waals surface area contributed by atoms with Crippen molar-refractivity contribution in [2.45, 2.75) is 0 Å². The summed E-state index contributed by atoms with van der Waals surface area (Å²) in [6, 6.07) is 7.40. The Balaban J connectivity index is 2.18. The molecule has 0 spiro atoms. The zero-order chi connectivity index (χ0) is 15.2. The Hall–Kier alpha value is -2.62. The Bertz CT molecular complexity index is 769. The van der Waals surface area contributed by atoms with Crippen molar-refractivity contribution >= 4 is 23.3 Å². The molecular formula is C14H11ClN4O2. The van der Waals surface area contributed by atoms with E-state index < -0.39 is 5.91 Å². The molecular weight excluding hydrogens is 292 g/mol. The number of aromatic amines is 1. The van der Waals surface area contributed by atoms with Crippen molar-refractivity contribution in [2.24, 2.45) is 5.73 Å². The number of nitrogens with two attached hydrogens (primary N) is 1. The van der Waals surface area contributed by atoms with Crippen LogP contribution in [0.4, 0.5) is 5.82 Å². The van der Waals surface area contributed by atoms with Crippen LogP contribution >= 0.6 is 11.6 Å². The molecule has 0 saturated heterocycles. The zero-order valence-electron chi connectivity index (χ0n) is 10.8. The van der Waals surface area contributed by atoms with E-state index in [0.29, 0.717) is 16.1 Å². The Morgan fingerprint density at radius 1 is 1.38 bits per heavy atom. The third-order valence-corrected chi connectivity index (χ3v) is 2.79. The van der Waals surface area contributed by atoms with Gasteiger partial charge in [-0.25, -0.2) is 5.10 Å². The van der Waals surface area contributed by atoms with Crippen LogP contribution in [0.1, 0.15) is 15.9 Å². The lowest BCUT2D eigenvalue weighted by atomic mass is 10.1.